The van der Waals surface area contributed by atoms with Gasteiger partial charge in [0.2, 0.25) is 5.89 Å². The molecule has 0 saturated carbocycles. The number of benzene rings is 3. The van der Waals surface area contributed by atoms with Gasteiger partial charge in [0.15, 0.2) is 5.75 Å². The second-order valence-electron chi connectivity index (χ2n) is 11.3. The minimum Gasteiger partial charge on any atom is -0.489 e. The first kappa shape index (κ1) is 30.3. The molecule has 0 radical (unpaired) electrons. The maximum absolute atomic E-state index is 14.1. The second kappa shape index (κ2) is 13.5. The molecule has 1 amide bonds. The standard InChI is InChI=1S/C34H35F2N5O4/c1-2-3-11-41-12-14-44-32-25(34-37-10-13-45-34)18-22(19-29(32)41)33(43)40-28(17-21-15-23(35)20-24(36)16-21)30(42)8-9-31-38-26-6-4-5-7-27(26)39-31/h4-7,10,13,15-16,18-20,28,30,42H,2-3,8-9,11-12,14,17H2,1H3,(H,38,39)(H,40,43). The van der Waals surface area contributed by atoms with Crippen LogP contribution in [0.4, 0.5) is 14.5 Å². The number of nitrogens with one attached hydrogen (secondary N) is 2. The third kappa shape index (κ3) is 6.99. The Balaban J connectivity index is 1.29. The van der Waals surface area contributed by atoms with E-state index < -0.39 is 29.7 Å². The molecule has 45 heavy (non-hydrogen) atoms. The van der Waals surface area contributed by atoms with Gasteiger partial charge in [0.25, 0.3) is 5.91 Å². The van der Waals surface area contributed by atoms with E-state index in [-0.39, 0.29) is 12.8 Å². The molecule has 5 aromatic rings. The van der Waals surface area contributed by atoms with Crippen LogP contribution >= 0.6 is 0 Å². The van der Waals surface area contributed by atoms with Crippen molar-refractivity contribution < 1.29 is 27.8 Å². The van der Waals surface area contributed by atoms with Gasteiger partial charge in [-0.25, -0.2) is 18.7 Å². The van der Waals surface area contributed by atoms with Crippen molar-refractivity contribution in [3.63, 3.8) is 0 Å². The fourth-order valence-electron chi connectivity index (χ4n) is 5.73. The predicted octanol–water partition coefficient (Wildman–Crippen LogP) is 5.83. The highest BCUT2D eigenvalue weighted by molar-refractivity contribution is 5.98. The van der Waals surface area contributed by atoms with E-state index in [0.717, 1.165) is 42.2 Å². The van der Waals surface area contributed by atoms with Crippen LogP contribution in [0.15, 0.2) is 71.5 Å². The number of carbonyl (C=O) groups excluding carboxylic acids is 1. The van der Waals surface area contributed by atoms with Gasteiger partial charge in [0.1, 0.15) is 30.3 Å². The lowest BCUT2D eigenvalue weighted by atomic mass is 9.97. The number of nitrogens with zero attached hydrogens (tertiary/aromatic N) is 3. The largest absolute Gasteiger partial charge is 0.489 e. The third-order valence-electron chi connectivity index (χ3n) is 8.00. The van der Waals surface area contributed by atoms with Crippen LogP contribution in [0.1, 0.15) is 47.9 Å². The topological polar surface area (TPSA) is 117 Å². The van der Waals surface area contributed by atoms with Crippen molar-refractivity contribution in [3.05, 3.63) is 95.6 Å². The monoisotopic (exact) mass is 615 g/mol. The Morgan fingerprint density at radius 2 is 1.98 bits per heavy atom. The summed E-state index contributed by atoms with van der Waals surface area (Å²) in [5.41, 5.74) is 3.61. The summed E-state index contributed by atoms with van der Waals surface area (Å²) in [5, 5.41) is 14.3. The zero-order valence-corrected chi connectivity index (χ0v) is 24.9. The van der Waals surface area contributed by atoms with Gasteiger partial charge < -0.3 is 29.5 Å². The highest BCUT2D eigenvalue weighted by Crippen LogP contribution is 2.41. The number of halogens is 2. The predicted molar refractivity (Wildman–Crippen MR) is 166 cm³/mol. The number of anilines is 1. The number of hydrogen-bond acceptors (Lipinski definition) is 7. The molecule has 2 atom stereocenters. The molecule has 3 heterocycles. The van der Waals surface area contributed by atoms with Crippen LogP contribution in [0.5, 0.6) is 5.75 Å². The van der Waals surface area contributed by atoms with Gasteiger partial charge >= 0.3 is 0 Å². The van der Waals surface area contributed by atoms with Crippen LogP contribution in [0.3, 0.4) is 0 Å². The zero-order valence-electron chi connectivity index (χ0n) is 24.9. The van der Waals surface area contributed by atoms with E-state index in [2.05, 4.69) is 32.1 Å². The SMILES string of the molecule is CCCCN1CCOc2c(-c3ncco3)cc(C(=O)NC(Cc3cc(F)cc(F)c3)C(O)CCc3nc4ccccc4[nH]3)cc21. The van der Waals surface area contributed by atoms with Crippen LogP contribution in [0.25, 0.3) is 22.5 Å². The minimum absolute atomic E-state index is 0.00495. The average Bonchev–Trinajstić information content (AvgIpc) is 3.71. The lowest BCUT2D eigenvalue weighted by Gasteiger charge is -2.33. The number of aromatic amines is 1. The third-order valence-corrected chi connectivity index (χ3v) is 8.00. The summed E-state index contributed by atoms with van der Waals surface area (Å²) in [6, 6.07) is 13.4. The Morgan fingerprint density at radius 1 is 1.16 bits per heavy atom. The van der Waals surface area contributed by atoms with Crippen molar-refractivity contribution in [2.75, 3.05) is 24.6 Å². The van der Waals surface area contributed by atoms with Crippen LogP contribution < -0.4 is 15.0 Å². The molecule has 0 bridgehead atoms. The lowest BCUT2D eigenvalue weighted by molar-refractivity contribution is 0.0814. The molecule has 1 aliphatic heterocycles. The van der Waals surface area contributed by atoms with Crippen LogP contribution in [0, 0.1) is 11.6 Å². The number of imidazole rings is 1. The lowest BCUT2D eigenvalue weighted by Crippen LogP contribution is -2.45. The molecule has 6 rings (SSSR count). The van der Waals surface area contributed by atoms with Gasteiger partial charge in [-0.15, -0.1) is 0 Å². The van der Waals surface area contributed by atoms with Crippen molar-refractivity contribution in [3.8, 4) is 17.2 Å². The first-order chi connectivity index (χ1) is 21.9. The molecule has 3 N–H and O–H groups in total. The molecular weight excluding hydrogens is 580 g/mol. The van der Waals surface area contributed by atoms with E-state index in [9.17, 15) is 18.7 Å². The summed E-state index contributed by atoms with van der Waals surface area (Å²) in [6.07, 6.45) is 4.55. The first-order valence-electron chi connectivity index (χ1n) is 15.2. The number of aromatic nitrogens is 3. The number of fused-ring (bicyclic) bond motifs is 2. The molecule has 9 nitrogen and oxygen atoms in total. The molecule has 0 aliphatic carbocycles. The molecule has 234 valence electrons. The summed E-state index contributed by atoms with van der Waals surface area (Å²) < 4.78 is 39.9. The zero-order chi connectivity index (χ0) is 31.3. The number of amides is 1. The van der Waals surface area contributed by atoms with Gasteiger partial charge in [-0.05, 0) is 61.2 Å². The van der Waals surface area contributed by atoms with Gasteiger partial charge in [0.05, 0.1) is 47.2 Å². The molecule has 11 heteroatoms. The van der Waals surface area contributed by atoms with Crippen molar-refractivity contribution in [1.82, 2.24) is 20.3 Å². The van der Waals surface area contributed by atoms with Crippen molar-refractivity contribution in [1.29, 1.82) is 0 Å². The van der Waals surface area contributed by atoms with E-state index in [4.69, 9.17) is 9.15 Å². The Kier molecular flexibility index (Phi) is 9.06. The number of carbonyl (C=O) groups is 1. The highest BCUT2D eigenvalue weighted by Gasteiger charge is 2.28. The summed E-state index contributed by atoms with van der Waals surface area (Å²) in [7, 11) is 0. The minimum atomic E-state index is -1.05. The molecular formula is C34H35F2N5O4. The Morgan fingerprint density at radius 3 is 2.73 bits per heavy atom. The van der Waals surface area contributed by atoms with Gasteiger partial charge in [0, 0.05) is 24.6 Å². The normalized spacial score (nSPS) is 14.2. The second-order valence-corrected chi connectivity index (χ2v) is 11.3. The summed E-state index contributed by atoms with van der Waals surface area (Å²) >= 11 is 0. The molecule has 0 fully saturated rings. The summed E-state index contributed by atoms with van der Waals surface area (Å²) in [4.78, 5) is 28.2. The number of unbranched alkanes of at least 4 members (excludes halogenated alkanes) is 1. The maximum Gasteiger partial charge on any atom is 0.251 e. The summed E-state index contributed by atoms with van der Waals surface area (Å²) in [5.74, 6) is -0.329. The fourth-order valence-corrected chi connectivity index (χ4v) is 5.73. The number of ether oxygens (including phenoxy) is 1. The van der Waals surface area contributed by atoms with Crippen molar-refractivity contribution >= 4 is 22.6 Å². The van der Waals surface area contributed by atoms with E-state index in [1.165, 1.54) is 24.6 Å². The number of hydrogen-bond donors (Lipinski definition) is 3. The van der Waals surface area contributed by atoms with Crippen molar-refractivity contribution in [2.24, 2.45) is 0 Å². The first-order valence-corrected chi connectivity index (χ1v) is 15.2. The molecule has 2 aromatic heterocycles. The van der Waals surface area contributed by atoms with Gasteiger partial charge in [-0.1, -0.05) is 25.5 Å². The van der Waals surface area contributed by atoms with Crippen molar-refractivity contribution in [2.45, 2.75) is 51.2 Å². The molecule has 1 aliphatic rings. The maximum atomic E-state index is 14.1. The summed E-state index contributed by atoms with van der Waals surface area (Å²) in [6.45, 7) is 4.06. The quantitative estimate of drug-likeness (QED) is 0.162. The van der Waals surface area contributed by atoms with Gasteiger partial charge in [-0.2, -0.15) is 0 Å². The molecule has 0 spiro atoms. The van der Waals surface area contributed by atoms with E-state index >= 15 is 0 Å². The van der Waals surface area contributed by atoms with Crippen LogP contribution in [-0.4, -0.2) is 57.8 Å². The fraction of sp³-hybridized carbons (Fsp3) is 0.324. The molecule has 2 unspecified atom stereocenters. The highest BCUT2D eigenvalue weighted by atomic mass is 19.1. The van der Waals surface area contributed by atoms with E-state index in [1.807, 2.05) is 24.3 Å². The number of aliphatic hydroxyl groups excluding tert-OH is 1. The van der Waals surface area contributed by atoms with Gasteiger partial charge in [-0.3, -0.25) is 4.79 Å². The number of aliphatic hydroxyl groups is 1. The Bertz CT molecular complexity index is 1720. The van der Waals surface area contributed by atoms with E-state index in [0.29, 0.717) is 53.7 Å². The average molecular weight is 616 g/mol. The van der Waals surface area contributed by atoms with Crippen LogP contribution in [0.2, 0.25) is 0 Å². The van der Waals surface area contributed by atoms with E-state index in [1.54, 1.807) is 12.1 Å². The smallest absolute Gasteiger partial charge is 0.251 e. The van der Waals surface area contributed by atoms with Crippen LogP contribution in [-0.2, 0) is 12.8 Å². The number of para-hydroxylation sites is 2. The Hall–Kier alpha value is -4.77. The Labute approximate surface area is 259 Å². The number of oxazole rings is 1. The number of aryl methyl sites for hydroxylation is 1. The number of rotatable bonds is 12. The molecule has 0 saturated heterocycles. The molecule has 3 aromatic carbocycles. The number of H-pyrrole nitrogens is 1.